The maximum absolute atomic E-state index is 2.73. The molecule has 4 aliphatic heterocycles. The molecule has 4 aliphatic rings. The van der Waals surface area contributed by atoms with Crippen molar-refractivity contribution < 1.29 is 0 Å². The molecule has 0 saturated heterocycles. The number of para-hydroxylation sites is 1. The van der Waals surface area contributed by atoms with Crippen LogP contribution in [0.1, 0.15) is 0 Å². The third-order valence-corrected chi connectivity index (χ3v) is 14.2. The molecule has 15 rings (SSSR count). The monoisotopic (exact) mass is 713 g/mol. The highest BCUT2D eigenvalue weighted by Gasteiger charge is 2.50. The van der Waals surface area contributed by atoms with Gasteiger partial charge in [-0.05, 0) is 115 Å². The summed E-state index contributed by atoms with van der Waals surface area (Å²) in [7, 11) is 0. The summed E-state index contributed by atoms with van der Waals surface area (Å²) in [5.74, 6) is 0. The van der Waals surface area contributed by atoms with Crippen LogP contribution in [0.5, 0.6) is 0 Å². The number of fused-ring (bicyclic) bond motifs is 24. The van der Waals surface area contributed by atoms with E-state index in [4.69, 9.17) is 0 Å². The molecule has 0 saturated carbocycles. The molecule has 0 fully saturated rings. The zero-order valence-electron chi connectivity index (χ0n) is 30.8. The van der Waals surface area contributed by atoms with Gasteiger partial charge in [-0.25, -0.2) is 0 Å². The van der Waals surface area contributed by atoms with E-state index in [0.717, 1.165) is 0 Å². The highest BCUT2D eigenvalue weighted by molar-refractivity contribution is 7.05. The van der Waals surface area contributed by atoms with Gasteiger partial charge in [-0.1, -0.05) is 175 Å². The molecule has 0 aromatic heterocycles. The van der Waals surface area contributed by atoms with E-state index in [-0.39, 0.29) is 13.4 Å². The fraction of sp³-hybridized carbons (Fsp3) is 0. The quantitative estimate of drug-likeness (QED) is 0.112. The number of rotatable bonds is 0. The molecule has 3 heteroatoms. The molecule has 57 heavy (non-hydrogen) atoms. The van der Waals surface area contributed by atoms with Crippen LogP contribution < -0.4 is 37.7 Å². The standard InChI is InChI=1S/C54H29B2N/c1-3-17-34-30(13-1)32-15-5-7-20-37(32)48-39(34)27-28-44-50(48)42-29-41-35-18-4-2-14-31(35)33-16-6-8-21-38(33)49(41)54-52(42)56(44)46-25-12-24-45-53(46)57(54)47-26-11-22-40-36-19-9-10-23-43(36)55(45)51(40)47/h1-29H. The van der Waals surface area contributed by atoms with Crippen LogP contribution in [0.4, 0.5) is 17.1 Å². The van der Waals surface area contributed by atoms with E-state index in [9.17, 15) is 0 Å². The zero-order chi connectivity index (χ0) is 36.7. The van der Waals surface area contributed by atoms with Crippen molar-refractivity contribution in [1.82, 2.24) is 0 Å². The molecule has 0 N–H and O–H groups in total. The maximum Gasteiger partial charge on any atom is 0.248 e. The van der Waals surface area contributed by atoms with Crippen LogP contribution in [0.3, 0.4) is 0 Å². The number of anilines is 3. The first-order valence-electron chi connectivity index (χ1n) is 20.3. The Balaban J connectivity index is 1.21. The Morgan fingerprint density at radius 2 is 0.789 bits per heavy atom. The second-order valence-corrected chi connectivity index (χ2v) is 16.6. The molecule has 4 heterocycles. The largest absolute Gasteiger partial charge is 0.312 e. The van der Waals surface area contributed by atoms with E-state index < -0.39 is 0 Å². The SMILES string of the molecule is c1ccc2c(c1)B1c3cccc4c3N(c3cccc-2c31)c1c2c(cc3c5ccccc5c5ccccc5c13)-c1c(ccc3c5ccccc5c5ccccc5c13)B42. The van der Waals surface area contributed by atoms with Crippen molar-refractivity contribution in [2.75, 3.05) is 4.90 Å². The molecule has 0 unspecified atom stereocenters. The topological polar surface area (TPSA) is 3.24 Å². The number of hydrogen-bond donors (Lipinski definition) is 0. The van der Waals surface area contributed by atoms with Gasteiger partial charge in [0.1, 0.15) is 0 Å². The second-order valence-electron chi connectivity index (χ2n) is 16.6. The van der Waals surface area contributed by atoms with E-state index in [1.807, 2.05) is 0 Å². The van der Waals surface area contributed by atoms with E-state index >= 15 is 0 Å². The third kappa shape index (κ3) is 3.29. The van der Waals surface area contributed by atoms with Crippen molar-refractivity contribution in [2.45, 2.75) is 0 Å². The highest BCUT2D eigenvalue weighted by atomic mass is 15.2. The molecule has 256 valence electrons. The number of nitrogens with zero attached hydrogens (tertiary/aromatic N) is 1. The van der Waals surface area contributed by atoms with Crippen molar-refractivity contribution in [2.24, 2.45) is 0 Å². The summed E-state index contributed by atoms with van der Waals surface area (Å²) >= 11 is 0. The smallest absolute Gasteiger partial charge is 0.248 e. The minimum atomic E-state index is 0.0989. The lowest BCUT2D eigenvalue weighted by molar-refractivity contribution is 1.32. The van der Waals surface area contributed by atoms with Crippen molar-refractivity contribution >= 4 is 128 Å². The van der Waals surface area contributed by atoms with Crippen LogP contribution in [0.25, 0.3) is 86.9 Å². The summed E-state index contributed by atoms with van der Waals surface area (Å²) in [6.45, 7) is 0.293. The van der Waals surface area contributed by atoms with Gasteiger partial charge < -0.3 is 4.90 Å². The van der Waals surface area contributed by atoms with Crippen LogP contribution in [-0.2, 0) is 0 Å². The first-order chi connectivity index (χ1) is 28.3. The molecule has 0 spiro atoms. The van der Waals surface area contributed by atoms with Gasteiger partial charge in [0.25, 0.3) is 0 Å². The van der Waals surface area contributed by atoms with Gasteiger partial charge in [0.15, 0.2) is 0 Å². The Morgan fingerprint density at radius 3 is 1.47 bits per heavy atom. The van der Waals surface area contributed by atoms with E-state index in [1.54, 1.807) is 0 Å². The molecule has 11 aromatic carbocycles. The van der Waals surface area contributed by atoms with Gasteiger partial charge >= 0.3 is 0 Å². The average molecular weight is 713 g/mol. The predicted octanol–water partition coefficient (Wildman–Crippen LogP) is 9.70. The third-order valence-electron chi connectivity index (χ3n) is 14.2. The molecule has 0 atom stereocenters. The maximum atomic E-state index is 2.73. The lowest BCUT2D eigenvalue weighted by atomic mass is 9.32. The van der Waals surface area contributed by atoms with Gasteiger partial charge in [-0.15, -0.1) is 0 Å². The normalized spacial score (nSPS) is 13.9. The fourth-order valence-electron chi connectivity index (χ4n) is 12.2. The Labute approximate surface area is 329 Å². The molecule has 0 amide bonds. The molecule has 1 nitrogen and oxygen atoms in total. The van der Waals surface area contributed by atoms with Crippen molar-refractivity contribution in [3.63, 3.8) is 0 Å². The molecule has 0 aliphatic carbocycles. The minimum Gasteiger partial charge on any atom is -0.312 e. The zero-order valence-corrected chi connectivity index (χ0v) is 30.8. The summed E-state index contributed by atoms with van der Waals surface area (Å²) in [6.07, 6.45) is 0. The fourth-order valence-corrected chi connectivity index (χ4v) is 12.2. The average Bonchev–Trinajstić information content (AvgIpc) is 3.80. The van der Waals surface area contributed by atoms with Gasteiger partial charge in [-0.3, -0.25) is 0 Å². The van der Waals surface area contributed by atoms with Gasteiger partial charge in [0, 0.05) is 16.8 Å². The molecule has 11 aromatic rings. The van der Waals surface area contributed by atoms with Crippen molar-refractivity contribution in [3.05, 3.63) is 176 Å². The van der Waals surface area contributed by atoms with E-state index in [0.29, 0.717) is 0 Å². The summed E-state index contributed by atoms with van der Waals surface area (Å²) in [4.78, 5) is 2.73. The van der Waals surface area contributed by atoms with E-state index in [1.165, 1.54) is 137 Å². The van der Waals surface area contributed by atoms with Crippen LogP contribution in [0, 0.1) is 0 Å². The Bertz CT molecular complexity index is 3700. The number of benzene rings is 11. The number of hydrogen-bond acceptors (Lipinski definition) is 1. The summed E-state index contributed by atoms with van der Waals surface area (Å²) in [6, 6.07) is 67.3. The lowest BCUT2D eigenvalue weighted by Crippen LogP contribution is -2.62. The summed E-state index contributed by atoms with van der Waals surface area (Å²) in [5, 5.41) is 15.9. The molecule has 0 bridgehead atoms. The first kappa shape index (κ1) is 29.2. The predicted molar refractivity (Wildman–Crippen MR) is 246 cm³/mol. The van der Waals surface area contributed by atoms with Gasteiger partial charge in [-0.2, -0.15) is 0 Å². The summed E-state index contributed by atoms with van der Waals surface area (Å²) < 4.78 is 0. The molecular weight excluding hydrogens is 684 g/mol. The van der Waals surface area contributed by atoms with Crippen molar-refractivity contribution in [3.8, 4) is 22.3 Å². The van der Waals surface area contributed by atoms with Gasteiger partial charge in [0.05, 0.1) is 5.69 Å². The van der Waals surface area contributed by atoms with Crippen LogP contribution in [0.15, 0.2) is 176 Å². The van der Waals surface area contributed by atoms with Crippen LogP contribution in [0.2, 0.25) is 0 Å². The van der Waals surface area contributed by atoms with Crippen LogP contribution in [-0.4, -0.2) is 13.4 Å². The molecule has 0 radical (unpaired) electrons. The van der Waals surface area contributed by atoms with Crippen LogP contribution >= 0.6 is 0 Å². The first-order valence-corrected chi connectivity index (χ1v) is 20.3. The second kappa shape index (κ2) is 10.0. The van der Waals surface area contributed by atoms with E-state index in [2.05, 4.69) is 181 Å². The highest BCUT2D eigenvalue weighted by Crippen LogP contribution is 2.51. The molecular formula is C54H29B2N. The van der Waals surface area contributed by atoms with Gasteiger partial charge in [0.2, 0.25) is 13.4 Å². The minimum absolute atomic E-state index is 0.0989. The van der Waals surface area contributed by atoms with Crippen molar-refractivity contribution in [1.29, 1.82) is 0 Å². The Morgan fingerprint density at radius 1 is 0.298 bits per heavy atom. The Hall–Kier alpha value is -7.09. The Kier molecular flexibility index (Phi) is 5.13. The summed E-state index contributed by atoms with van der Waals surface area (Å²) in [5.41, 5.74) is 18.1. The lowest BCUT2D eigenvalue weighted by Gasteiger charge is -2.43.